The fourth-order valence-electron chi connectivity index (χ4n) is 1.71. The van der Waals surface area contributed by atoms with Crippen LogP contribution in [-0.4, -0.2) is 22.6 Å². The van der Waals surface area contributed by atoms with Crippen molar-refractivity contribution in [3.63, 3.8) is 0 Å². The molecule has 0 aliphatic rings. The van der Waals surface area contributed by atoms with Crippen molar-refractivity contribution in [2.45, 2.75) is 11.8 Å². The van der Waals surface area contributed by atoms with Crippen LogP contribution in [0.25, 0.3) is 0 Å². The van der Waals surface area contributed by atoms with Crippen LogP contribution < -0.4 is 5.56 Å². The van der Waals surface area contributed by atoms with Crippen LogP contribution >= 0.6 is 0 Å². The molecule has 1 heterocycles. The van der Waals surface area contributed by atoms with Crippen molar-refractivity contribution in [2.75, 3.05) is 0 Å². The Morgan fingerprint density at radius 2 is 1.83 bits per heavy atom. The van der Waals surface area contributed by atoms with Gasteiger partial charge in [0.1, 0.15) is 10.6 Å². The van der Waals surface area contributed by atoms with Crippen LogP contribution in [0.1, 0.15) is 5.56 Å². The minimum atomic E-state index is -4.46. The molecule has 10 heteroatoms. The number of aryl methyl sites for hydroxylation is 1. The first-order valence-electron chi connectivity index (χ1n) is 6.02. The van der Waals surface area contributed by atoms with Crippen LogP contribution in [0.4, 0.5) is 11.4 Å². The van der Waals surface area contributed by atoms with E-state index in [1.807, 2.05) is 0 Å². The van der Waals surface area contributed by atoms with Crippen LogP contribution in [0.3, 0.4) is 0 Å². The zero-order valence-electron chi connectivity index (χ0n) is 12.3. The molecule has 0 spiro atoms. The summed E-state index contributed by atoms with van der Waals surface area (Å²) in [6.07, 6.45) is 0. The van der Waals surface area contributed by atoms with E-state index < -0.39 is 20.6 Å². The normalized spacial score (nSPS) is 11.4. The van der Waals surface area contributed by atoms with Gasteiger partial charge < -0.3 is 9.67 Å². The largest absolute Gasteiger partial charge is 0.510 e. The molecule has 0 aliphatic heterocycles. The fourth-order valence-corrected chi connectivity index (χ4v) is 2.33. The van der Waals surface area contributed by atoms with Gasteiger partial charge in [0.05, 0.1) is 5.88 Å². The summed E-state index contributed by atoms with van der Waals surface area (Å²) in [5.74, 6) is -0.347. The van der Waals surface area contributed by atoms with E-state index in [2.05, 4.69) is 16.3 Å². The number of hydrogen-bond acceptors (Lipinski definition) is 6. The molecule has 0 fully saturated rings. The Labute approximate surface area is 157 Å². The van der Waals surface area contributed by atoms with E-state index in [1.54, 1.807) is 0 Å². The predicted molar refractivity (Wildman–Crippen MR) is 77.4 cm³/mol. The van der Waals surface area contributed by atoms with E-state index in [9.17, 15) is 18.3 Å². The molecule has 2 N–H and O–H groups in total. The summed E-state index contributed by atoms with van der Waals surface area (Å²) in [6, 6.07) is 7.95. The molecule has 0 bridgehead atoms. The van der Waals surface area contributed by atoms with E-state index in [-0.39, 0.29) is 55.5 Å². The first-order valence-corrected chi connectivity index (χ1v) is 7.46. The zero-order valence-corrected chi connectivity index (χ0v) is 15.9. The molecule has 23 heavy (non-hydrogen) atoms. The molecule has 0 saturated carbocycles. The van der Waals surface area contributed by atoms with Gasteiger partial charge >= 0.3 is 0 Å². The molecule has 0 unspecified atom stereocenters. The quantitative estimate of drug-likeness (QED) is 0.454. The SMILES string of the molecule is Cc1[c-]c(O)n(C)c(=O)c1N=Nc1ccccc1S(=O)(=O)O.[Y]. The molecule has 0 amide bonds. The molecule has 0 atom stereocenters. The Bertz CT molecular complexity index is 922. The van der Waals surface area contributed by atoms with Crippen molar-refractivity contribution in [3.8, 4) is 5.88 Å². The molecular weight excluding hydrogens is 399 g/mol. The second-order valence-electron chi connectivity index (χ2n) is 4.43. The van der Waals surface area contributed by atoms with E-state index in [1.165, 1.54) is 32.2 Å². The Balaban J connectivity index is 0.00000264. The van der Waals surface area contributed by atoms with Gasteiger partial charge in [-0.05, 0) is 12.1 Å². The van der Waals surface area contributed by atoms with Crippen LogP contribution in [0.2, 0.25) is 0 Å². The molecule has 8 nitrogen and oxygen atoms in total. The van der Waals surface area contributed by atoms with Gasteiger partial charge in [-0.25, -0.2) is 5.11 Å². The first-order chi connectivity index (χ1) is 10.2. The third kappa shape index (κ3) is 4.32. The third-order valence-corrected chi connectivity index (χ3v) is 3.78. The molecule has 1 radical (unpaired) electrons. The molecular formula is C13H12N3O5SY-. The maximum Gasteiger partial charge on any atom is 0.296 e. The van der Waals surface area contributed by atoms with Gasteiger partial charge in [0, 0.05) is 45.4 Å². The van der Waals surface area contributed by atoms with Crippen LogP contribution in [-0.2, 0) is 49.9 Å². The van der Waals surface area contributed by atoms with Gasteiger partial charge in [-0.15, -0.1) is 0 Å². The van der Waals surface area contributed by atoms with Crippen molar-refractivity contribution in [1.82, 2.24) is 4.57 Å². The van der Waals surface area contributed by atoms with Gasteiger partial charge in [-0.3, -0.25) is 9.35 Å². The molecule has 2 rings (SSSR count). The number of nitrogens with zero attached hydrogens (tertiary/aromatic N) is 3. The van der Waals surface area contributed by atoms with Gasteiger partial charge in [0.25, 0.3) is 10.1 Å². The minimum Gasteiger partial charge on any atom is -0.510 e. The Hall–Kier alpha value is -1.42. The summed E-state index contributed by atoms with van der Waals surface area (Å²) in [4.78, 5) is 11.6. The summed E-state index contributed by atoms with van der Waals surface area (Å²) in [7, 11) is -3.13. The number of aromatic hydroxyl groups is 1. The van der Waals surface area contributed by atoms with E-state index in [0.29, 0.717) is 0 Å². The van der Waals surface area contributed by atoms with Crippen molar-refractivity contribution in [1.29, 1.82) is 0 Å². The Kier molecular flexibility index (Phi) is 6.35. The van der Waals surface area contributed by atoms with Gasteiger partial charge in [0.2, 0.25) is 0 Å². The van der Waals surface area contributed by atoms with Gasteiger partial charge in [0.15, 0.2) is 5.56 Å². The smallest absolute Gasteiger partial charge is 0.296 e. The summed E-state index contributed by atoms with van der Waals surface area (Å²) in [5.41, 5.74) is -0.555. The van der Waals surface area contributed by atoms with Crippen molar-refractivity contribution in [3.05, 3.63) is 46.2 Å². The van der Waals surface area contributed by atoms with E-state index in [0.717, 1.165) is 10.6 Å². The Morgan fingerprint density at radius 3 is 2.43 bits per heavy atom. The van der Waals surface area contributed by atoms with Crippen LogP contribution in [0.5, 0.6) is 5.88 Å². The number of pyridine rings is 1. The molecule has 2 aromatic rings. The fraction of sp³-hybridized carbons (Fsp3) is 0.154. The second kappa shape index (κ2) is 7.44. The molecule has 1 aromatic heterocycles. The number of azo groups is 1. The molecule has 0 aliphatic carbocycles. The van der Waals surface area contributed by atoms with Crippen molar-refractivity contribution < 1.29 is 50.8 Å². The first kappa shape index (κ1) is 19.6. The van der Waals surface area contributed by atoms with Crippen molar-refractivity contribution in [2.24, 2.45) is 17.3 Å². The molecule has 0 saturated heterocycles. The van der Waals surface area contributed by atoms with E-state index >= 15 is 0 Å². The predicted octanol–water partition coefficient (Wildman–Crippen LogP) is 1.86. The molecule has 1 aromatic carbocycles. The third-order valence-electron chi connectivity index (χ3n) is 2.88. The summed E-state index contributed by atoms with van der Waals surface area (Å²) >= 11 is 0. The average molecular weight is 411 g/mol. The van der Waals surface area contributed by atoms with Crippen LogP contribution in [0.15, 0.2) is 44.2 Å². The maximum absolute atomic E-state index is 12.0. The monoisotopic (exact) mass is 411 g/mol. The second-order valence-corrected chi connectivity index (χ2v) is 5.82. The van der Waals surface area contributed by atoms with Crippen molar-refractivity contribution >= 4 is 21.5 Å². The number of hydrogen-bond donors (Lipinski definition) is 2. The average Bonchev–Trinajstić information content (AvgIpc) is 2.44. The topological polar surface area (TPSA) is 121 Å². The number of benzene rings is 1. The van der Waals surface area contributed by atoms with Crippen LogP contribution in [0, 0.1) is 13.0 Å². The minimum absolute atomic E-state index is 0. The summed E-state index contributed by atoms with van der Waals surface area (Å²) in [5, 5.41) is 16.9. The van der Waals surface area contributed by atoms with E-state index in [4.69, 9.17) is 4.55 Å². The number of aromatic nitrogens is 1. The Morgan fingerprint density at radius 1 is 1.22 bits per heavy atom. The van der Waals surface area contributed by atoms with Gasteiger partial charge in [-0.2, -0.15) is 25.2 Å². The summed E-state index contributed by atoms with van der Waals surface area (Å²) in [6.45, 7) is 1.50. The standard InChI is InChI=1S/C13H12N3O5S.Y/c1-8-7-11(17)16(2)13(18)12(8)15-14-9-5-3-4-6-10(9)22(19,20)21;/h3-6,17H,1-2H3,(H,19,20,21);/q-1;. The number of rotatable bonds is 3. The zero-order chi connectivity index (χ0) is 16.5. The van der Waals surface area contributed by atoms with Gasteiger partial charge in [-0.1, -0.05) is 19.1 Å². The molecule has 119 valence electrons. The maximum atomic E-state index is 12.0. The summed E-state index contributed by atoms with van der Waals surface area (Å²) < 4.78 is 32.5.